The maximum absolute atomic E-state index is 13.7. The fourth-order valence-corrected chi connectivity index (χ4v) is 2.52. The van der Waals surface area contributed by atoms with Crippen LogP contribution in [0, 0.1) is 5.82 Å². The molecular weight excluding hydrogens is 323 g/mol. The number of fused-ring (bicyclic) bond motifs is 1. The van der Waals surface area contributed by atoms with Crippen LogP contribution in [0.15, 0.2) is 45.6 Å². The van der Waals surface area contributed by atoms with Gasteiger partial charge < -0.3 is 9.73 Å². The molecule has 7 heteroatoms. The fourth-order valence-electron chi connectivity index (χ4n) is 2.27. The molecule has 0 atom stereocenters. The second-order valence-electron chi connectivity index (χ2n) is 5.01. The third-order valence-corrected chi connectivity index (χ3v) is 3.81. The highest BCUT2D eigenvalue weighted by atomic mass is 35.5. The zero-order valence-corrected chi connectivity index (χ0v) is 12.9. The van der Waals surface area contributed by atoms with Gasteiger partial charge in [0.1, 0.15) is 5.82 Å². The SMILES string of the molecule is Cn1c(=O)oc2ccc(CNC(=O)c3c(F)cccc3Cl)cc21. The number of halogens is 2. The van der Waals surface area contributed by atoms with Gasteiger partial charge in [-0.15, -0.1) is 0 Å². The molecule has 1 amide bonds. The Kier molecular flexibility index (Phi) is 3.92. The lowest BCUT2D eigenvalue weighted by molar-refractivity contribution is 0.0947. The number of hydrogen-bond donors (Lipinski definition) is 1. The number of nitrogens with zero attached hydrogens (tertiary/aromatic N) is 1. The summed E-state index contributed by atoms with van der Waals surface area (Å²) in [4.78, 5) is 23.5. The Morgan fingerprint density at radius 3 is 2.87 bits per heavy atom. The summed E-state index contributed by atoms with van der Waals surface area (Å²) in [6.07, 6.45) is 0. The van der Waals surface area contributed by atoms with Crippen molar-refractivity contribution < 1.29 is 13.6 Å². The first-order chi connectivity index (χ1) is 11.0. The molecule has 0 aliphatic carbocycles. The van der Waals surface area contributed by atoms with Crippen LogP contribution in [-0.4, -0.2) is 10.5 Å². The van der Waals surface area contributed by atoms with Gasteiger partial charge in [-0.3, -0.25) is 9.36 Å². The lowest BCUT2D eigenvalue weighted by Crippen LogP contribution is -2.24. The van der Waals surface area contributed by atoms with Crippen molar-refractivity contribution in [3.63, 3.8) is 0 Å². The van der Waals surface area contributed by atoms with E-state index in [1.165, 1.54) is 22.8 Å². The summed E-state index contributed by atoms with van der Waals surface area (Å²) in [7, 11) is 1.59. The molecule has 3 aromatic rings. The number of carbonyl (C=O) groups is 1. The van der Waals surface area contributed by atoms with E-state index in [1.807, 2.05) is 0 Å². The summed E-state index contributed by atoms with van der Waals surface area (Å²) < 4.78 is 20.1. The minimum Gasteiger partial charge on any atom is -0.408 e. The van der Waals surface area contributed by atoms with Crippen molar-refractivity contribution in [2.45, 2.75) is 6.54 Å². The molecule has 0 fully saturated rings. The van der Waals surface area contributed by atoms with Crippen molar-refractivity contribution in [3.8, 4) is 0 Å². The van der Waals surface area contributed by atoms with Gasteiger partial charge in [-0.2, -0.15) is 0 Å². The summed E-state index contributed by atoms with van der Waals surface area (Å²) >= 11 is 5.86. The van der Waals surface area contributed by atoms with Crippen LogP contribution >= 0.6 is 11.6 Å². The van der Waals surface area contributed by atoms with Crippen LogP contribution in [0.2, 0.25) is 5.02 Å². The van der Waals surface area contributed by atoms with Crippen LogP contribution in [0.1, 0.15) is 15.9 Å². The third-order valence-electron chi connectivity index (χ3n) is 3.50. The highest BCUT2D eigenvalue weighted by Gasteiger charge is 2.15. The van der Waals surface area contributed by atoms with Gasteiger partial charge in [-0.25, -0.2) is 9.18 Å². The number of amides is 1. The molecule has 23 heavy (non-hydrogen) atoms. The van der Waals surface area contributed by atoms with Crippen molar-refractivity contribution in [2.75, 3.05) is 0 Å². The molecule has 1 N–H and O–H groups in total. The van der Waals surface area contributed by atoms with E-state index in [4.69, 9.17) is 16.0 Å². The number of aryl methyl sites for hydroxylation is 1. The number of aromatic nitrogens is 1. The van der Waals surface area contributed by atoms with Gasteiger partial charge in [0.05, 0.1) is 16.1 Å². The van der Waals surface area contributed by atoms with Crippen LogP contribution in [0.3, 0.4) is 0 Å². The Bertz CT molecular complexity index is 941. The van der Waals surface area contributed by atoms with Gasteiger partial charge in [-0.1, -0.05) is 23.7 Å². The van der Waals surface area contributed by atoms with Gasteiger partial charge in [-0.05, 0) is 29.8 Å². The van der Waals surface area contributed by atoms with Gasteiger partial charge in [0.2, 0.25) is 0 Å². The molecule has 0 saturated heterocycles. The van der Waals surface area contributed by atoms with E-state index in [0.717, 1.165) is 5.56 Å². The Labute approximate surface area is 135 Å². The molecule has 3 rings (SSSR count). The molecule has 118 valence electrons. The van der Waals surface area contributed by atoms with Crippen LogP contribution < -0.4 is 11.1 Å². The van der Waals surface area contributed by atoms with E-state index >= 15 is 0 Å². The van der Waals surface area contributed by atoms with Gasteiger partial charge >= 0.3 is 5.76 Å². The molecule has 0 spiro atoms. The topological polar surface area (TPSA) is 64.2 Å². The minimum atomic E-state index is -0.678. The monoisotopic (exact) mass is 334 g/mol. The van der Waals surface area contributed by atoms with E-state index < -0.39 is 17.5 Å². The zero-order valence-electron chi connectivity index (χ0n) is 12.1. The Hall–Kier alpha value is -2.60. The maximum Gasteiger partial charge on any atom is 0.419 e. The highest BCUT2D eigenvalue weighted by Crippen LogP contribution is 2.19. The quantitative estimate of drug-likeness (QED) is 0.801. The number of nitrogens with one attached hydrogen (secondary N) is 1. The lowest BCUT2D eigenvalue weighted by atomic mass is 10.1. The molecule has 5 nitrogen and oxygen atoms in total. The molecule has 0 unspecified atom stereocenters. The highest BCUT2D eigenvalue weighted by molar-refractivity contribution is 6.33. The molecule has 2 aromatic carbocycles. The number of rotatable bonds is 3. The standard InChI is InChI=1S/C16H12ClFN2O3/c1-20-12-7-9(5-6-13(12)23-16(20)22)8-19-15(21)14-10(17)3-2-4-11(14)18/h2-7H,8H2,1H3,(H,19,21). The first-order valence-electron chi connectivity index (χ1n) is 6.78. The fraction of sp³-hybridized carbons (Fsp3) is 0.125. The second kappa shape index (κ2) is 5.89. The van der Waals surface area contributed by atoms with E-state index in [2.05, 4.69) is 5.32 Å². The maximum atomic E-state index is 13.7. The predicted octanol–water partition coefficient (Wildman–Crippen LogP) is 2.85. The predicted molar refractivity (Wildman–Crippen MR) is 84.0 cm³/mol. The number of carbonyl (C=O) groups excluding carboxylic acids is 1. The van der Waals surface area contributed by atoms with Gasteiger partial charge in [0.15, 0.2) is 5.58 Å². The van der Waals surface area contributed by atoms with E-state index in [-0.39, 0.29) is 17.1 Å². The second-order valence-corrected chi connectivity index (χ2v) is 5.42. The van der Waals surface area contributed by atoms with Crippen molar-refractivity contribution in [3.05, 3.63) is 68.9 Å². The average molecular weight is 335 g/mol. The summed E-state index contributed by atoms with van der Waals surface area (Å²) in [5, 5.41) is 2.66. The Balaban J connectivity index is 1.82. The largest absolute Gasteiger partial charge is 0.419 e. The van der Waals surface area contributed by atoms with E-state index in [1.54, 1.807) is 25.2 Å². The summed E-state index contributed by atoms with van der Waals surface area (Å²) in [5.74, 6) is -1.74. The average Bonchev–Trinajstić information content (AvgIpc) is 2.80. The smallest absolute Gasteiger partial charge is 0.408 e. The molecule has 0 aliphatic heterocycles. The summed E-state index contributed by atoms with van der Waals surface area (Å²) in [5.41, 5.74) is 1.64. The third kappa shape index (κ3) is 2.85. The van der Waals surface area contributed by atoms with E-state index in [0.29, 0.717) is 11.1 Å². The molecule has 1 heterocycles. The van der Waals surface area contributed by atoms with Crippen LogP contribution in [-0.2, 0) is 13.6 Å². The van der Waals surface area contributed by atoms with Crippen LogP contribution in [0.4, 0.5) is 4.39 Å². The number of oxazole rings is 1. The summed E-state index contributed by atoms with van der Waals surface area (Å²) in [6, 6.07) is 9.15. The van der Waals surface area contributed by atoms with Crippen molar-refractivity contribution in [1.29, 1.82) is 0 Å². The molecule has 0 bridgehead atoms. The van der Waals surface area contributed by atoms with Crippen molar-refractivity contribution in [1.82, 2.24) is 9.88 Å². The van der Waals surface area contributed by atoms with Crippen molar-refractivity contribution in [2.24, 2.45) is 7.05 Å². The molecule has 0 saturated carbocycles. The first-order valence-corrected chi connectivity index (χ1v) is 7.16. The van der Waals surface area contributed by atoms with Crippen LogP contribution in [0.5, 0.6) is 0 Å². The zero-order chi connectivity index (χ0) is 16.6. The lowest BCUT2D eigenvalue weighted by Gasteiger charge is -2.08. The Morgan fingerprint density at radius 2 is 2.13 bits per heavy atom. The molecule has 0 aliphatic rings. The first kappa shape index (κ1) is 15.3. The molecule has 1 aromatic heterocycles. The van der Waals surface area contributed by atoms with Gasteiger partial charge in [0, 0.05) is 13.6 Å². The van der Waals surface area contributed by atoms with Crippen LogP contribution in [0.25, 0.3) is 11.1 Å². The van der Waals surface area contributed by atoms with Gasteiger partial charge in [0.25, 0.3) is 5.91 Å². The number of benzene rings is 2. The molecule has 0 radical (unpaired) electrons. The number of hydrogen-bond acceptors (Lipinski definition) is 3. The Morgan fingerprint density at radius 1 is 1.35 bits per heavy atom. The normalized spacial score (nSPS) is 10.9. The van der Waals surface area contributed by atoms with Crippen molar-refractivity contribution >= 4 is 28.6 Å². The minimum absolute atomic E-state index is 0.0511. The molecular formula is C16H12ClFN2O3. The van der Waals surface area contributed by atoms with E-state index in [9.17, 15) is 14.0 Å². The summed E-state index contributed by atoms with van der Waals surface area (Å²) in [6.45, 7) is 0.165.